The minimum Gasteiger partial charge on any atom is -0.345 e. The van der Waals surface area contributed by atoms with Gasteiger partial charge >= 0.3 is 0 Å². The molecule has 1 amide bonds. The van der Waals surface area contributed by atoms with Gasteiger partial charge in [-0.2, -0.15) is 5.10 Å². The molecular weight excluding hydrogens is 475 g/mol. The van der Waals surface area contributed by atoms with Crippen LogP contribution in [-0.4, -0.2) is 24.1 Å². The quantitative estimate of drug-likeness (QED) is 0.378. The van der Waals surface area contributed by atoms with Crippen molar-refractivity contribution in [3.63, 3.8) is 0 Å². The van der Waals surface area contributed by atoms with Crippen LogP contribution in [0.1, 0.15) is 39.5 Å². The standard InChI is InChI=1S/C24H23FN4O3S2/c1-16(23-15-26-29(17(23)2)20-9-7-19(25)8-10-20)28-24(30)18-5-11-22(12-6-18)34(31,32)27-14-21-4-3-13-33-21/h3-13,15-16,27H,14H2,1-2H3,(H,28,30). The Morgan fingerprint density at radius 3 is 2.47 bits per heavy atom. The molecule has 4 aromatic rings. The Hall–Kier alpha value is -3.34. The van der Waals surface area contributed by atoms with Gasteiger partial charge in [0.25, 0.3) is 5.91 Å². The third kappa shape index (κ3) is 5.24. The first-order chi connectivity index (χ1) is 16.2. The zero-order valence-electron chi connectivity index (χ0n) is 18.5. The normalized spacial score (nSPS) is 12.4. The molecule has 176 valence electrons. The van der Waals surface area contributed by atoms with E-state index in [4.69, 9.17) is 0 Å². The molecule has 1 atom stereocenters. The number of sulfonamides is 1. The molecule has 0 spiro atoms. The summed E-state index contributed by atoms with van der Waals surface area (Å²) in [5.41, 5.74) is 2.69. The number of hydrogen-bond donors (Lipinski definition) is 2. The van der Waals surface area contributed by atoms with E-state index < -0.39 is 10.0 Å². The van der Waals surface area contributed by atoms with Gasteiger partial charge in [0.2, 0.25) is 10.0 Å². The maximum atomic E-state index is 13.2. The molecule has 7 nitrogen and oxygen atoms in total. The van der Waals surface area contributed by atoms with Crippen molar-refractivity contribution in [3.05, 3.63) is 99.8 Å². The van der Waals surface area contributed by atoms with Crippen LogP contribution in [0.2, 0.25) is 0 Å². The van der Waals surface area contributed by atoms with Crippen molar-refractivity contribution in [3.8, 4) is 5.69 Å². The topological polar surface area (TPSA) is 93.1 Å². The highest BCUT2D eigenvalue weighted by atomic mass is 32.2. The second kappa shape index (κ2) is 9.88. The predicted molar refractivity (Wildman–Crippen MR) is 129 cm³/mol. The smallest absolute Gasteiger partial charge is 0.251 e. The van der Waals surface area contributed by atoms with Gasteiger partial charge < -0.3 is 5.32 Å². The average Bonchev–Trinajstić information content (AvgIpc) is 3.48. The van der Waals surface area contributed by atoms with Crippen LogP contribution < -0.4 is 10.0 Å². The van der Waals surface area contributed by atoms with E-state index in [9.17, 15) is 17.6 Å². The van der Waals surface area contributed by atoms with Gasteiger partial charge in [-0.15, -0.1) is 11.3 Å². The summed E-state index contributed by atoms with van der Waals surface area (Å²) in [5.74, 6) is -0.663. The Bertz CT molecular complexity index is 1380. The van der Waals surface area contributed by atoms with E-state index in [-0.39, 0.29) is 29.2 Å². The van der Waals surface area contributed by atoms with E-state index in [1.54, 1.807) is 23.0 Å². The summed E-state index contributed by atoms with van der Waals surface area (Å²) in [4.78, 5) is 13.7. The van der Waals surface area contributed by atoms with Crippen LogP contribution in [-0.2, 0) is 16.6 Å². The lowest BCUT2D eigenvalue weighted by Gasteiger charge is -2.14. The Balaban J connectivity index is 1.42. The van der Waals surface area contributed by atoms with Crippen LogP contribution in [0, 0.1) is 12.7 Å². The number of carbonyl (C=O) groups excluding carboxylic acids is 1. The summed E-state index contributed by atoms with van der Waals surface area (Å²) in [6.45, 7) is 3.92. The summed E-state index contributed by atoms with van der Waals surface area (Å²) in [6.07, 6.45) is 1.67. The Kier molecular flexibility index (Phi) is 6.92. The number of hydrogen-bond acceptors (Lipinski definition) is 5. The molecule has 0 saturated carbocycles. The largest absolute Gasteiger partial charge is 0.345 e. The fourth-order valence-corrected chi connectivity index (χ4v) is 5.24. The Morgan fingerprint density at radius 1 is 1.12 bits per heavy atom. The number of carbonyl (C=O) groups is 1. The molecule has 0 aliphatic carbocycles. The zero-order valence-corrected chi connectivity index (χ0v) is 20.2. The van der Waals surface area contributed by atoms with Gasteiger partial charge in [0.15, 0.2) is 0 Å². The Morgan fingerprint density at radius 2 is 1.82 bits per heavy atom. The fourth-order valence-electron chi connectivity index (χ4n) is 3.50. The lowest BCUT2D eigenvalue weighted by Crippen LogP contribution is -2.27. The monoisotopic (exact) mass is 498 g/mol. The molecule has 2 aromatic heterocycles. The molecule has 2 heterocycles. The highest BCUT2D eigenvalue weighted by Crippen LogP contribution is 2.21. The molecule has 0 aliphatic rings. The van der Waals surface area contributed by atoms with Gasteiger partial charge in [-0.3, -0.25) is 4.79 Å². The van der Waals surface area contributed by atoms with Crippen molar-refractivity contribution in [2.24, 2.45) is 0 Å². The summed E-state index contributed by atoms with van der Waals surface area (Å²) < 4.78 is 42.5. The fraction of sp³-hybridized carbons (Fsp3) is 0.167. The number of nitrogens with one attached hydrogen (secondary N) is 2. The number of amides is 1. The lowest BCUT2D eigenvalue weighted by atomic mass is 10.1. The number of nitrogens with zero attached hydrogens (tertiary/aromatic N) is 2. The Labute approximate surface area is 201 Å². The highest BCUT2D eigenvalue weighted by molar-refractivity contribution is 7.89. The van der Waals surface area contributed by atoms with Crippen molar-refractivity contribution >= 4 is 27.3 Å². The van der Waals surface area contributed by atoms with Crippen LogP contribution in [0.4, 0.5) is 4.39 Å². The first kappa shape index (κ1) is 23.8. The second-order valence-corrected chi connectivity index (χ2v) is 10.5. The van der Waals surface area contributed by atoms with E-state index >= 15 is 0 Å². The molecule has 0 bridgehead atoms. The maximum Gasteiger partial charge on any atom is 0.251 e. The van der Waals surface area contributed by atoms with Crippen LogP contribution in [0.15, 0.2) is 77.1 Å². The van der Waals surface area contributed by atoms with E-state index in [1.165, 1.54) is 47.7 Å². The first-order valence-corrected chi connectivity index (χ1v) is 12.8. The number of benzene rings is 2. The molecule has 0 aliphatic heterocycles. The minimum atomic E-state index is -3.69. The van der Waals surface area contributed by atoms with Crippen LogP contribution in [0.25, 0.3) is 5.69 Å². The minimum absolute atomic E-state index is 0.0880. The van der Waals surface area contributed by atoms with Crippen molar-refractivity contribution < 1.29 is 17.6 Å². The second-order valence-electron chi connectivity index (χ2n) is 7.70. The van der Waals surface area contributed by atoms with Crippen LogP contribution in [0.3, 0.4) is 0 Å². The predicted octanol–water partition coefficient (Wildman–Crippen LogP) is 4.35. The van der Waals surface area contributed by atoms with Gasteiger partial charge in [-0.05, 0) is 73.8 Å². The molecule has 34 heavy (non-hydrogen) atoms. The average molecular weight is 499 g/mol. The number of aromatic nitrogens is 2. The molecule has 2 N–H and O–H groups in total. The summed E-state index contributed by atoms with van der Waals surface area (Å²) in [6, 6.07) is 15.1. The van der Waals surface area contributed by atoms with E-state index in [0.29, 0.717) is 11.3 Å². The van der Waals surface area contributed by atoms with Gasteiger partial charge in [0.1, 0.15) is 5.82 Å². The molecule has 1 unspecified atom stereocenters. The highest BCUT2D eigenvalue weighted by Gasteiger charge is 2.19. The molecule has 0 fully saturated rings. The summed E-state index contributed by atoms with van der Waals surface area (Å²) in [7, 11) is -3.69. The van der Waals surface area contributed by atoms with E-state index in [1.807, 2.05) is 31.4 Å². The van der Waals surface area contributed by atoms with E-state index in [2.05, 4.69) is 15.1 Å². The first-order valence-electron chi connectivity index (χ1n) is 10.5. The number of halogens is 1. The number of rotatable bonds is 8. The molecule has 0 radical (unpaired) electrons. The van der Waals surface area contributed by atoms with Gasteiger partial charge in [0.05, 0.1) is 22.8 Å². The molecule has 10 heteroatoms. The van der Waals surface area contributed by atoms with Crippen molar-refractivity contribution in [2.45, 2.75) is 31.3 Å². The molecule has 2 aromatic carbocycles. The lowest BCUT2D eigenvalue weighted by molar-refractivity contribution is 0.0939. The van der Waals surface area contributed by atoms with Crippen molar-refractivity contribution in [1.29, 1.82) is 0 Å². The zero-order chi connectivity index (χ0) is 24.3. The van der Waals surface area contributed by atoms with Gasteiger partial charge in [-0.25, -0.2) is 22.2 Å². The molecule has 0 saturated heterocycles. The van der Waals surface area contributed by atoms with Crippen LogP contribution >= 0.6 is 11.3 Å². The van der Waals surface area contributed by atoms with E-state index in [0.717, 1.165) is 16.1 Å². The van der Waals surface area contributed by atoms with Crippen molar-refractivity contribution in [1.82, 2.24) is 19.8 Å². The summed E-state index contributed by atoms with van der Waals surface area (Å²) in [5, 5.41) is 9.16. The SMILES string of the molecule is Cc1c(C(C)NC(=O)c2ccc(S(=O)(=O)NCc3cccs3)cc2)cnn1-c1ccc(F)cc1. The molecule has 4 rings (SSSR count). The maximum absolute atomic E-state index is 13.2. The molecular formula is C24H23FN4O3S2. The van der Waals surface area contributed by atoms with Gasteiger partial charge in [0, 0.05) is 28.2 Å². The van der Waals surface area contributed by atoms with Crippen molar-refractivity contribution in [2.75, 3.05) is 0 Å². The van der Waals surface area contributed by atoms with Gasteiger partial charge in [-0.1, -0.05) is 6.07 Å². The van der Waals surface area contributed by atoms with Crippen LogP contribution in [0.5, 0.6) is 0 Å². The number of thiophene rings is 1. The third-order valence-electron chi connectivity index (χ3n) is 5.38. The summed E-state index contributed by atoms with van der Waals surface area (Å²) >= 11 is 1.47. The third-order valence-corrected chi connectivity index (χ3v) is 7.67.